The van der Waals surface area contributed by atoms with Crippen LogP contribution < -0.4 is 11.3 Å². The molecule has 3 nitrogen and oxygen atoms in total. The zero-order valence-electron chi connectivity index (χ0n) is 13.6. The molecule has 0 amide bonds. The number of nitrogens with zero attached hydrogens (tertiary/aromatic N) is 1. The Bertz CT molecular complexity index is 739. The van der Waals surface area contributed by atoms with Gasteiger partial charge in [-0.1, -0.05) is 31.2 Å². The minimum absolute atomic E-state index is 0.0899. The lowest BCUT2D eigenvalue weighted by Gasteiger charge is -2.19. The van der Waals surface area contributed by atoms with E-state index in [9.17, 15) is 4.79 Å². The molecule has 1 unspecified atom stereocenters. The molecule has 3 heteroatoms. The van der Waals surface area contributed by atoms with E-state index in [0.717, 1.165) is 41.6 Å². The van der Waals surface area contributed by atoms with E-state index in [2.05, 4.69) is 25.1 Å². The second-order valence-electron chi connectivity index (χ2n) is 6.36. The molecule has 22 heavy (non-hydrogen) atoms. The number of benzene rings is 1. The first kappa shape index (κ1) is 15.0. The van der Waals surface area contributed by atoms with Crippen molar-refractivity contribution in [3.8, 4) is 0 Å². The van der Waals surface area contributed by atoms with Crippen LogP contribution in [0.4, 0.5) is 0 Å². The van der Waals surface area contributed by atoms with Gasteiger partial charge in [0.15, 0.2) is 0 Å². The molecule has 1 atom stereocenters. The molecular formula is C19H24N2O. The van der Waals surface area contributed by atoms with Gasteiger partial charge in [-0.05, 0) is 55.9 Å². The third-order valence-corrected chi connectivity index (χ3v) is 4.65. The Morgan fingerprint density at radius 3 is 2.41 bits per heavy atom. The van der Waals surface area contributed by atoms with Gasteiger partial charge in [0.1, 0.15) is 0 Å². The van der Waals surface area contributed by atoms with Crippen LogP contribution in [0.25, 0.3) is 0 Å². The van der Waals surface area contributed by atoms with Crippen molar-refractivity contribution in [2.24, 2.45) is 5.73 Å². The summed E-state index contributed by atoms with van der Waals surface area (Å²) in [7, 11) is 0. The minimum Gasteiger partial charge on any atom is -0.320 e. The van der Waals surface area contributed by atoms with E-state index >= 15 is 0 Å². The monoisotopic (exact) mass is 296 g/mol. The maximum atomic E-state index is 12.9. The van der Waals surface area contributed by atoms with Crippen molar-refractivity contribution in [3.05, 3.63) is 68.6 Å². The quantitative estimate of drug-likeness (QED) is 0.940. The van der Waals surface area contributed by atoms with Crippen LogP contribution in [0.3, 0.4) is 0 Å². The highest BCUT2D eigenvalue weighted by atomic mass is 16.1. The van der Waals surface area contributed by atoms with Crippen LogP contribution in [-0.2, 0) is 6.42 Å². The molecule has 3 rings (SSSR count). The summed E-state index contributed by atoms with van der Waals surface area (Å²) in [6, 6.07) is 10.4. The van der Waals surface area contributed by atoms with Crippen molar-refractivity contribution in [2.75, 3.05) is 0 Å². The predicted molar refractivity (Wildman–Crippen MR) is 90.3 cm³/mol. The fourth-order valence-corrected chi connectivity index (χ4v) is 3.21. The SMILES string of the molecule is CCc1ccc(C(N)c2c(C)cc(C)n(C3CC3)c2=O)cc1. The van der Waals surface area contributed by atoms with Crippen LogP contribution in [0.15, 0.2) is 35.1 Å². The molecule has 1 aromatic heterocycles. The highest BCUT2D eigenvalue weighted by Gasteiger charge is 2.28. The van der Waals surface area contributed by atoms with Crippen molar-refractivity contribution < 1.29 is 0 Å². The minimum atomic E-state index is -0.357. The molecule has 1 aromatic carbocycles. The number of pyridine rings is 1. The van der Waals surface area contributed by atoms with E-state index in [1.54, 1.807) is 0 Å². The van der Waals surface area contributed by atoms with Gasteiger partial charge in [0, 0.05) is 17.3 Å². The molecule has 2 N–H and O–H groups in total. The Hall–Kier alpha value is -1.87. The number of hydrogen-bond donors (Lipinski definition) is 1. The predicted octanol–water partition coefficient (Wildman–Crippen LogP) is 3.41. The summed E-state index contributed by atoms with van der Waals surface area (Å²) in [6.45, 7) is 6.13. The molecule has 0 spiro atoms. The Kier molecular flexibility index (Phi) is 3.92. The Labute approximate surface area is 131 Å². The molecule has 1 heterocycles. The van der Waals surface area contributed by atoms with Gasteiger partial charge in [0.05, 0.1) is 6.04 Å². The summed E-state index contributed by atoms with van der Waals surface area (Å²) >= 11 is 0. The summed E-state index contributed by atoms with van der Waals surface area (Å²) in [4.78, 5) is 12.9. The number of rotatable bonds is 4. The topological polar surface area (TPSA) is 48.0 Å². The van der Waals surface area contributed by atoms with Gasteiger partial charge in [0.2, 0.25) is 0 Å². The molecule has 0 saturated heterocycles. The van der Waals surface area contributed by atoms with E-state index in [-0.39, 0.29) is 11.6 Å². The molecule has 0 bridgehead atoms. The lowest BCUT2D eigenvalue weighted by molar-refractivity contribution is 0.659. The Morgan fingerprint density at radius 2 is 1.86 bits per heavy atom. The number of hydrogen-bond acceptors (Lipinski definition) is 2. The fraction of sp³-hybridized carbons (Fsp3) is 0.421. The second-order valence-corrected chi connectivity index (χ2v) is 6.36. The zero-order chi connectivity index (χ0) is 15.9. The summed E-state index contributed by atoms with van der Waals surface area (Å²) in [5.74, 6) is 0. The summed E-state index contributed by atoms with van der Waals surface area (Å²) in [5, 5.41) is 0. The van der Waals surface area contributed by atoms with Crippen LogP contribution in [0, 0.1) is 13.8 Å². The highest BCUT2D eigenvalue weighted by Crippen LogP contribution is 2.35. The average molecular weight is 296 g/mol. The second kappa shape index (κ2) is 5.73. The highest BCUT2D eigenvalue weighted by molar-refractivity contribution is 5.37. The van der Waals surface area contributed by atoms with Gasteiger partial charge < -0.3 is 10.3 Å². The van der Waals surface area contributed by atoms with Crippen molar-refractivity contribution in [3.63, 3.8) is 0 Å². The van der Waals surface area contributed by atoms with Gasteiger partial charge in [-0.15, -0.1) is 0 Å². The molecular weight excluding hydrogens is 272 g/mol. The van der Waals surface area contributed by atoms with Crippen LogP contribution in [-0.4, -0.2) is 4.57 Å². The average Bonchev–Trinajstić information content (AvgIpc) is 3.31. The van der Waals surface area contributed by atoms with Crippen LogP contribution in [0.1, 0.15) is 59.8 Å². The first-order valence-electron chi connectivity index (χ1n) is 8.10. The number of nitrogens with two attached hydrogens (primary N) is 1. The lowest BCUT2D eigenvalue weighted by atomic mass is 9.95. The third kappa shape index (κ3) is 2.61. The molecule has 1 fully saturated rings. The van der Waals surface area contributed by atoms with Crippen molar-refractivity contribution >= 4 is 0 Å². The molecule has 0 radical (unpaired) electrons. The van der Waals surface area contributed by atoms with E-state index in [0.29, 0.717) is 6.04 Å². The van der Waals surface area contributed by atoms with Crippen molar-refractivity contribution in [2.45, 2.75) is 52.1 Å². The van der Waals surface area contributed by atoms with Gasteiger partial charge in [-0.3, -0.25) is 4.79 Å². The van der Waals surface area contributed by atoms with Gasteiger partial charge in [-0.2, -0.15) is 0 Å². The standard InChI is InChI=1S/C19H24N2O/c1-4-14-5-7-15(8-6-14)18(20)17-12(2)11-13(3)21(19(17)22)16-9-10-16/h5-8,11,16,18H,4,9-10,20H2,1-3H3. The largest absolute Gasteiger partial charge is 0.320 e. The number of aryl methyl sites for hydroxylation is 3. The molecule has 1 aliphatic rings. The molecule has 2 aromatic rings. The van der Waals surface area contributed by atoms with Crippen LogP contribution in [0.5, 0.6) is 0 Å². The Balaban J connectivity index is 2.06. The van der Waals surface area contributed by atoms with E-state index < -0.39 is 0 Å². The maximum Gasteiger partial charge on any atom is 0.256 e. The first-order valence-corrected chi connectivity index (χ1v) is 8.10. The summed E-state index contributed by atoms with van der Waals surface area (Å²) in [6.07, 6.45) is 3.21. The molecule has 116 valence electrons. The number of aromatic nitrogens is 1. The van der Waals surface area contributed by atoms with E-state index in [4.69, 9.17) is 5.73 Å². The molecule has 1 aliphatic carbocycles. The normalized spacial score (nSPS) is 15.8. The smallest absolute Gasteiger partial charge is 0.256 e. The van der Waals surface area contributed by atoms with Gasteiger partial charge >= 0.3 is 0 Å². The zero-order valence-corrected chi connectivity index (χ0v) is 13.6. The van der Waals surface area contributed by atoms with Gasteiger partial charge in [-0.25, -0.2) is 0 Å². The van der Waals surface area contributed by atoms with Crippen molar-refractivity contribution in [1.82, 2.24) is 4.57 Å². The molecule has 1 saturated carbocycles. The molecule has 0 aliphatic heterocycles. The van der Waals surface area contributed by atoms with Crippen LogP contribution >= 0.6 is 0 Å². The van der Waals surface area contributed by atoms with Gasteiger partial charge in [0.25, 0.3) is 5.56 Å². The first-order chi connectivity index (χ1) is 10.5. The van der Waals surface area contributed by atoms with E-state index in [1.807, 2.05) is 30.5 Å². The summed E-state index contributed by atoms with van der Waals surface area (Å²) in [5.41, 5.74) is 11.6. The van der Waals surface area contributed by atoms with Crippen LogP contribution in [0.2, 0.25) is 0 Å². The fourth-order valence-electron chi connectivity index (χ4n) is 3.21. The maximum absolute atomic E-state index is 12.9. The lowest BCUT2D eigenvalue weighted by Crippen LogP contribution is -2.31. The third-order valence-electron chi connectivity index (χ3n) is 4.65. The Morgan fingerprint density at radius 1 is 1.23 bits per heavy atom. The summed E-state index contributed by atoms with van der Waals surface area (Å²) < 4.78 is 1.93. The van der Waals surface area contributed by atoms with Crippen molar-refractivity contribution in [1.29, 1.82) is 0 Å². The van der Waals surface area contributed by atoms with E-state index in [1.165, 1.54) is 5.56 Å².